The summed E-state index contributed by atoms with van der Waals surface area (Å²) >= 11 is 0. The van der Waals surface area contributed by atoms with Gasteiger partial charge in [-0.05, 0) is 46.9 Å². The molecule has 1 fully saturated rings. The molecule has 2 aromatic carbocycles. The van der Waals surface area contributed by atoms with Crippen LogP contribution in [-0.4, -0.2) is 0 Å². The summed E-state index contributed by atoms with van der Waals surface area (Å²) in [5, 5.41) is 0. The van der Waals surface area contributed by atoms with Gasteiger partial charge in [-0.15, -0.1) is 0 Å². The SMILES string of the molecule is c1ccc2c(c1)CC1(CCCC1)c1ccccc1-2. The van der Waals surface area contributed by atoms with Gasteiger partial charge < -0.3 is 0 Å². The lowest BCUT2D eigenvalue weighted by atomic mass is 9.67. The van der Waals surface area contributed by atoms with Gasteiger partial charge in [-0.3, -0.25) is 0 Å². The Balaban J connectivity index is 2.00. The molecule has 0 N–H and O–H groups in total. The molecule has 0 saturated heterocycles. The van der Waals surface area contributed by atoms with E-state index in [0.29, 0.717) is 5.41 Å². The summed E-state index contributed by atoms with van der Waals surface area (Å²) in [4.78, 5) is 0. The molecule has 0 amide bonds. The number of fused-ring (bicyclic) bond motifs is 4. The van der Waals surface area contributed by atoms with Crippen LogP contribution in [0.15, 0.2) is 48.5 Å². The van der Waals surface area contributed by atoms with Crippen molar-refractivity contribution < 1.29 is 0 Å². The predicted octanol–water partition coefficient (Wildman–Crippen LogP) is 4.72. The normalized spacial score (nSPS) is 19.6. The molecule has 1 spiro atoms. The van der Waals surface area contributed by atoms with Crippen molar-refractivity contribution in [2.45, 2.75) is 37.5 Å². The first-order valence-corrected chi connectivity index (χ1v) is 7.07. The van der Waals surface area contributed by atoms with Crippen molar-refractivity contribution in [3.8, 4) is 11.1 Å². The Hall–Kier alpha value is -1.56. The zero-order valence-corrected chi connectivity index (χ0v) is 10.7. The second-order valence-corrected chi connectivity index (χ2v) is 5.87. The molecule has 2 aliphatic carbocycles. The summed E-state index contributed by atoms with van der Waals surface area (Å²) in [6.45, 7) is 0. The van der Waals surface area contributed by atoms with Gasteiger partial charge >= 0.3 is 0 Å². The molecule has 0 aromatic heterocycles. The third-order valence-corrected chi connectivity index (χ3v) is 4.90. The third kappa shape index (κ3) is 1.32. The Morgan fingerprint density at radius 2 is 1.39 bits per heavy atom. The fourth-order valence-corrected chi connectivity index (χ4v) is 4.08. The van der Waals surface area contributed by atoms with Crippen molar-refractivity contribution in [2.75, 3.05) is 0 Å². The minimum Gasteiger partial charge on any atom is -0.0620 e. The van der Waals surface area contributed by atoms with Crippen LogP contribution in [0.1, 0.15) is 36.8 Å². The van der Waals surface area contributed by atoms with Gasteiger partial charge in [0.25, 0.3) is 0 Å². The van der Waals surface area contributed by atoms with Gasteiger partial charge in [0.15, 0.2) is 0 Å². The van der Waals surface area contributed by atoms with E-state index in [-0.39, 0.29) is 0 Å². The maximum Gasteiger partial charge on any atom is -0.0000286 e. The Morgan fingerprint density at radius 1 is 0.722 bits per heavy atom. The fraction of sp³-hybridized carbons (Fsp3) is 0.333. The maximum atomic E-state index is 2.37. The van der Waals surface area contributed by atoms with E-state index in [1.807, 2.05) is 0 Å². The van der Waals surface area contributed by atoms with Crippen molar-refractivity contribution in [2.24, 2.45) is 0 Å². The van der Waals surface area contributed by atoms with Gasteiger partial charge in [0.2, 0.25) is 0 Å². The quantitative estimate of drug-likeness (QED) is 0.618. The smallest absolute Gasteiger partial charge is 0.0000286 e. The Morgan fingerprint density at radius 3 is 2.22 bits per heavy atom. The van der Waals surface area contributed by atoms with Crippen molar-refractivity contribution in [1.82, 2.24) is 0 Å². The highest BCUT2D eigenvalue weighted by Crippen LogP contribution is 2.51. The van der Waals surface area contributed by atoms with Crippen LogP contribution in [0.2, 0.25) is 0 Å². The van der Waals surface area contributed by atoms with Gasteiger partial charge in [-0.1, -0.05) is 61.4 Å². The molecule has 0 unspecified atom stereocenters. The summed E-state index contributed by atoms with van der Waals surface area (Å²) in [5.74, 6) is 0. The lowest BCUT2D eigenvalue weighted by Crippen LogP contribution is -2.29. The number of benzene rings is 2. The molecular formula is C18H18. The molecule has 0 aliphatic heterocycles. The van der Waals surface area contributed by atoms with Crippen LogP contribution in [-0.2, 0) is 11.8 Å². The molecule has 1 saturated carbocycles. The van der Waals surface area contributed by atoms with Crippen LogP contribution in [0.5, 0.6) is 0 Å². The lowest BCUT2D eigenvalue weighted by Gasteiger charge is -2.37. The van der Waals surface area contributed by atoms with E-state index in [1.165, 1.54) is 43.2 Å². The maximum absolute atomic E-state index is 2.37. The number of hydrogen-bond acceptors (Lipinski definition) is 0. The zero-order chi connectivity index (χ0) is 12.0. The second kappa shape index (κ2) is 3.71. The van der Waals surface area contributed by atoms with Crippen LogP contribution in [0.25, 0.3) is 11.1 Å². The van der Waals surface area contributed by atoms with Crippen LogP contribution in [0, 0.1) is 0 Å². The number of rotatable bonds is 0. The van der Waals surface area contributed by atoms with E-state index in [2.05, 4.69) is 48.5 Å². The highest BCUT2D eigenvalue weighted by molar-refractivity contribution is 5.75. The molecule has 18 heavy (non-hydrogen) atoms. The molecule has 0 radical (unpaired) electrons. The molecular weight excluding hydrogens is 216 g/mol. The van der Waals surface area contributed by atoms with E-state index in [4.69, 9.17) is 0 Å². The fourth-order valence-electron chi connectivity index (χ4n) is 4.08. The van der Waals surface area contributed by atoms with Crippen LogP contribution in [0.3, 0.4) is 0 Å². The first kappa shape index (κ1) is 10.4. The molecule has 2 aliphatic rings. The minimum absolute atomic E-state index is 0.449. The largest absolute Gasteiger partial charge is 0.0620 e. The van der Waals surface area contributed by atoms with Crippen LogP contribution >= 0.6 is 0 Å². The molecule has 90 valence electrons. The summed E-state index contributed by atoms with van der Waals surface area (Å²) in [5.41, 5.74) is 6.57. The summed E-state index contributed by atoms with van der Waals surface area (Å²) in [6, 6.07) is 18.1. The van der Waals surface area contributed by atoms with Crippen LogP contribution in [0.4, 0.5) is 0 Å². The van der Waals surface area contributed by atoms with Crippen molar-refractivity contribution >= 4 is 0 Å². The van der Waals surface area contributed by atoms with Crippen molar-refractivity contribution in [3.63, 3.8) is 0 Å². The monoisotopic (exact) mass is 234 g/mol. The Labute approximate surface area is 109 Å². The Bertz CT molecular complexity index is 588. The highest BCUT2D eigenvalue weighted by Gasteiger charge is 2.40. The molecule has 4 rings (SSSR count). The average molecular weight is 234 g/mol. The topological polar surface area (TPSA) is 0 Å². The lowest BCUT2D eigenvalue weighted by molar-refractivity contribution is 0.434. The highest BCUT2D eigenvalue weighted by atomic mass is 14.4. The van der Waals surface area contributed by atoms with Gasteiger partial charge in [-0.2, -0.15) is 0 Å². The van der Waals surface area contributed by atoms with E-state index >= 15 is 0 Å². The van der Waals surface area contributed by atoms with E-state index in [9.17, 15) is 0 Å². The van der Waals surface area contributed by atoms with E-state index in [0.717, 1.165) is 0 Å². The number of hydrogen-bond donors (Lipinski definition) is 0. The molecule has 2 aromatic rings. The average Bonchev–Trinajstić information content (AvgIpc) is 2.89. The van der Waals surface area contributed by atoms with Gasteiger partial charge in [0, 0.05) is 0 Å². The van der Waals surface area contributed by atoms with Gasteiger partial charge in [-0.25, -0.2) is 0 Å². The summed E-state index contributed by atoms with van der Waals surface area (Å²) < 4.78 is 0. The Kier molecular flexibility index (Phi) is 2.14. The van der Waals surface area contributed by atoms with E-state index in [1.54, 1.807) is 11.1 Å². The van der Waals surface area contributed by atoms with Gasteiger partial charge in [0.05, 0.1) is 0 Å². The van der Waals surface area contributed by atoms with Crippen LogP contribution < -0.4 is 0 Å². The van der Waals surface area contributed by atoms with Crippen molar-refractivity contribution in [1.29, 1.82) is 0 Å². The molecule has 0 heteroatoms. The third-order valence-electron chi connectivity index (χ3n) is 4.90. The standard InChI is InChI=1S/C18H18/c1-2-8-15-14(7-1)13-18(11-5-6-12-18)17-10-4-3-9-16(15)17/h1-4,7-10H,5-6,11-13H2. The molecule has 0 atom stereocenters. The summed E-state index contributed by atoms with van der Waals surface area (Å²) in [7, 11) is 0. The molecule has 0 nitrogen and oxygen atoms in total. The first-order chi connectivity index (χ1) is 8.89. The van der Waals surface area contributed by atoms with Gasteiger partial charge in [0.1, 0.15) is 0 Å². The van der Waals surface area contributed by atoms with E-state index < -0.39 is 0 Å². The zero-order valence-electron chi connectivity index (χ0n) is 10.7. The molecule has 0 bridgehead atoms. The first-order valence-electron chi connectivity index (χ1n) is 7.07. The molecule has 0 heterocycles. The predicted molar refractivity (Wildman–Crippen MR) is 75.7 cm³/mol. The van der Waals surface area contributed by atoms with Crippen molar-refractivity contribution in [3.05, 3.63) is 59.7 Å². The second-order valence-electron chi connectivity index (χ2n) is 5.87. The minimum atomic E-state index is 0.449. The summed E-state index contributed by atoms with van der Waals surface area (Å²) in [6.07, 6.45) is 6.80.